The molecule has 0 aromatic heterocycles. The summed E-state index contributed by atoms with van der Waals surface area (Å²) in [6, 6.07) is 15.7. The van der Waals surface area contributed by atoms with Crippen LogP contribution in [0.1, 0.15) is 25.0 Å². The summed E-state index contributed by atoms with van der Waals surface area (Å²) < 4.78 is 13.4. The van der Waals surface area contributed by atoms with Gasteiger partial charge in [0.15, 0.2) is 0 Å². The minimum atomic E-state index is -0.188. The second kappa shape index (κ2) is 6.89. The Morgan fingerprint density at radius 2 is 1.80 bits per heavy atom. The first-order valence-corrected chi connectivity index (χ1v) is 7.89. The van der Waals surface area contributed by atoms with E-state index in [0.717, 1.165) is 17.8 Å². The van der Waals surface area contributed by atoms with Crippen LogP contribution < -0.4 is 4.90 Å². The second-order valence-electron chi connectivity index (χ2n) is 5.11. The molecule has 0 fully saturated rings. The molecule has 2 aromatic carbocycles. The van der Waals surface area contributed by atoms with Crippen molar-refractivity contribution in [3.05, 3.63) is 65.5 Å². The summed E-state index contributed by atoms with van der Waals surface area (Å²) in [7, 11) is 0. The van der Waals surface area contributed by atoms with Crippen molar-refractivity contribution in [1.29, 1.82) is 0 Å². The molecule has 2 aromatic rings. The van der Waals surface area contributed by atoms with E-state index in [9.17, 15) is 4.39 Å². The molecule has 0 aliphatic rings. The Hall–Kier alpha value is -1.35. The van der Waals surface area contributed by atoms with Gasteiger partial charge in [-0.05, 0) is 43.2 Å². The molecule has 0 unspecified atom stereocenters. The lowest BCUT2D eigenvalue weighted by Gasteiger charge is -2.31. The van der Waals surface area contributed by atoms with Crippen LogP contribution in [0.5, 0.6) is 0 Å². The van der Waals surface area contributed by atoms with Gasteiger partial charge in [-0.3, -0.25) is 0 Å². The van der Waals surface area contributed by atoms with Crippen LogP contribution in [0.25, 0.3) is 0 Å². The quantitative estimate of drug-likeness (QED) is 0.684. The van der Waals surface area contributed by atoms with Crippen LogP contribution in [0.3, 0.4) is 0 Å². The largest absolute Gasteiger partial charge is 0.365 e. The highest BCUT2D eigenvalue weighted by Crippen LogP contribution is 2.27. The zero-order chi connectivity index (χ0) is 14.5. The van der Waals surface area contributed by atoms with Crippen LogP contribution in [0, 0.1) is 5.82 Å². The fourth-order valence-corrected chi connectivity index (χ4v) is 2.72. The van der Waals surface area contributed by atoms with Crippen LogP contribution in [-0.4, -0.2) is 6.04 Å². The average Bonchev–Trinajstić information content (AvgIpc) is 2.46. The minimum absolute atomic E-state index is 0.188. The highest BCUT2D eigenvalue weighted by Gasteiger charge is 2.15. The molecule has 0 heterocycles. The van der Waals surface area contributed by atoms with Crippen LogP contribution >= 0.6 is 15.9 Å². The topological polar surface area (TPSA) is 3.24 Å². The Morgan fingerprint density at radius 1 is 1.10 bits per heavy atom. The fraction of sp³-hybridized carbons (Fsp3) is 0.294. The van der Waals surface area contributed by atoms with Crippen molar-refractivity contribution in [2.24, 2.45) is 0 Å². The molecule has 0 atom stereocenters. The summed E-state index contributed by atoms with van der Waals surface area (Å²) in [4.78, 5) is 2.30. The maximum absolute atomic E-state index is 13.4. The van der Waals surface area contributed by atoms with Crippen LogP contribution in [0.4, 0.5) is 10.1 Å². The lowest BCUT2D eigenvalue weighted by Crippen LogP contribution is -2.31. The number of anilines is 1. The van der Waals surface area contributed by atoms with E-state index in [1.54, 1.807) is 6.07 Å². The van der Waals surface area contributed by atoms with Crippen molar-refractivity contribution in [2.45, 2.75) is 31.8 Å². The zero-order valence-electron chi connectivity index (χ0n) is 11.8. The molecule has 0 bridgehead atoms. The molecule has 20 heavy (non-hydrogen) atoms. The normalized spacial score (nSPS) is 10.8. The molecule has 0 radical (unpaired) electrons. The first-order valence-electron chi connectivity index (χ1n) is 6.76. The van der Waals surface area contributed by atoms with E-state index in [4.69, 9.17) is 0 Å². The molecule has 0 N–H and O–H groups in total. The van der Waals surface area contributed by atoms with Gasteiger partial charge < -0.3 is 4.90 Å². The Morgan fingerprint density at radius 3 is 2.40 bits per heavy atom. The molecule has 106 valence electrons. The molecule has 0 saturated heterocycles. The summed E-state index contributed by atoms with van der Waals surface area (Å²) in [5.74, 6) is -0.188. The highest BCUT2D eigenvalue weighted by molar-refractivity contribution is 9.08. The number of nitrogens with zero attached hydrogens (tertiary/aromatic N) is 1. The number of rotatable bonds is 5. The summed E-state index contributed by atoms with van der Waals surface area (Å²) in [5, 5.41) is 0.651. The third kappa shape index (κ3) is 3.60. The van der Waals surface area contributed by atoms with Crippen LogP contribution in [-0.2, 0) is 11.9 Å². The summed E-state index contributed by atoms with van der Waals surface area (Å²) in [5.41, 5.74) is 3.32. The van der Waals surface area contributed by atoms with Crippen molar-refractivity contribution in [3.8, 4) is 0 Å². The van der Waals surface area contributed by atoms with E-state index >= 15 is 0 Å². The maximum atomic E-state index is 13.4. The molecule has 0 aliphatic heterocycles. The lowest BCUT2D eigenvalue weighted by atomic mass is 10.1. The van der Waals surface area contributed by atoms with Crippen LogP contribution in [0.2, 0.25) is 0 Å². The van der Waals surface area contributed by atoms with E-state index in [1.807, 2.05) is 24.3 Å². The first kappa shape index (κ1) is 15.0. The molecule has 2 rings (SSSR count). The smallest absolute Gasteiger partial charge is 0.123 e. The van der Waals surface area contributed by atoms with E-state index in [1.165, 1.54) is 11.6 Å². The van der Waals surface area contributed by atoms with Crippen molar-refractivity contribution < 1.29 is 4.39 Å². The molecule has 0 amide bonds. The minimum Gasteiger partial charge on any atom is -0.365 e. The zero-order valence-corrected chi connectivity index (χ0v) is 13.4. The van der Waals surface area contributed by atoms with Gasteiger partial charge in [-0.2, -0.15) is 0 Å². The maximum Gasteiger partial charge on any atom is 0.123 e. The molecule has 1 nitrogen and oxygen atoms in total. The van der Waals surface area contributed by atoms with E-state index in [-0.39, 0.29) is 5.82 Å². The van der Waals surface area contributed by atoms with Gasteiger partial charge in [-0.1, -0.05) is 46.3 Å². The van der Waals surface area contributed by atoms with Crippen molar-refractivity contribution >= 4 is 21.6 Å². The third-order valence-corrected chi connectivity index (χ3v) is 3.92. The molecule has 0 aliphatic carbocycles. The standard InChI is InChI=1S/C17H19BrFN/c1-13(2)20(12-14-6-4-3-5-7-14)17-9-8-16(19)10-15(17)11-18/h3-10,13H,11-12H2,1-2H3. The first-order chi connectivity index (χ1) is 9.61. The summed E-state index contributed by atoms with van der Waals surface area (Å²) in [6.07, 6.45) is 0. The van der Waals surface area contributed by atoms with E-state index in [2.05, 4.69) is 46.8 Å². The second-order valence-corrected chi connectivity index (χ2v) is 5.67. The van der Waals surface area contributed by atoms with Gasteiger partial charge in [0.1, 0.15) is 5.82 Å². The Bertz CT molecular complexity index is 554. The SMILES string of the molecule is CC(C)N(Cc1ccccc1)c1ccc(F)cc1CBr. The summed E-state index contributed by atoms with van der Waals surface area (Å²) >= 11 is 3.45. The van der Waals surface area contributed by atoms with Crippen LogP contribution in [0.15, 0.2) is 48.5 Å². The van der Waals surface area contributed by atoms with Gasteiger partial charge in [0, 0.05) is 23.6 Å². The van der Waals surface area contributed by atoms with Gasteiger partial charge in [0.2, 0.25) is 0 Å². The number of hydrogen-bond acceptors (Lipinski definition) is 1. The fourth-order valence-electron chi connectivity index (χ4n) is 2.27. The van der Waals surface area contributed by atoms with Crippen molar-refractivity contribution in [2.75, 3.05) is 4.90 Å². The van der Waals surface area contributed by atoms with Gasteiger partial charge in [-0.15, -0.1) is 0 Å². The molecular formula is C17H19BrFN. The number of benzene rings is 2. The van der Waals surface area contributed by atoms with Gasteiger partial charge in [-0.25, -0.2) is 4.39 Å². The third-order valence-electron chi connectivity index (χ3n) is 3.31. The van der Waals surface area contributed by atoms with Gasteiger partial charge in [0.25, 0.3) is 0 Å². The number of hydrogen-bond donors (Lipinski definition) is 0. The predicted octanol–water partition coefficient (Wildman–Crippen LogP) is 5.14. The summed E-state index contributed by atoms with van der Waals surface area (Å²) in [6.45, 7) is 5.14. The monoisotopic (exact) mass is 335 g/mol. The molecule has 0 saturated carbocycles. The van der Waals surface area contributed by atoms with E-state index in [0.29, 0.717) is 11.4 Å². The number of halogens is 2. The molecule has 3 heteroatoms. The Balaban J connectivity index is 2.34. The van der Waals surface area contributed by atoms with Gasteiger partial charge >= 0.3 is 0 Å². The average molecular weight is 336 g/mol. The highest BCUT2D eigenvalue weighted by atomic mass is 79.9. The molecular weight excluding hydrogens is 317 g/mol. The van der Waals surface area contributed by atoms with E-state index < -0.39 is 0 Å². The van der Waals surface area contributed by atoms with Crippen molar-refractivity contribution in [1.82, 2.24) is 0 Å². The Labute approximate surface area is 128 Å². The lowest BCUT2D eigenvalue weighted by molar-refractivity contribution is 0.623. The number of alkyl halides is 1. The molecule has 0 spiro atoms. The van der Waals surface area contributed by atoms with Crippen molar-refractivity contribution in [3.63, 3.8) is 0 Å². The Kier molecular flexibility index (Phi) is 5.18. The van der Waals surface area contributed by atoms with Gasteiger partial charge in [0.05, 0.1) is 0 Å². The predicted molar refractivity (Wildman–Crippen MR) is 86.8 cm³/mol.